The Balaban J connectivity index is 1.95. The summed E-state index contributed by atoms with van der Waals surface area (Å²) >= 11 is 0. The van der Waals surface area contributed by atoms with Crippen LogP contribution in [0.1, 0.15) is 0 Å². The van der Waals surface area contributed by atoms with Gasteiger partial charge in [0.2, 0.25) is 0 Å². The smallest absolute Gasteiger partial charge is 0.0707 e. The van der Waals surface area contributed by atoms with Crippen molar-refractivity contribution >= 4 is 46.1 Å². The number of rotatable bonds is 2. The van der Waals surface area contributed by atoms with E-state index in [2.05, 4.69) is 60.7 Å². The van der Waals surface area contributed by atoms with Gasteiger partial charge in [0.25, 0.3) is 0 Å². The van der Waals surface area contributed by atoms with Crippen molar-refractivity contribution in [1.29, 1.82) is 0 Å². The molecule has 1 unspecified atom stereocenters. The summed E-state index contributed by atoms with van der Waals surface area (Å²) in [5, 5.41) is 8.57. The lowest BCUT2D eigenvalue weighted by molar-refractivity contribution is 0.603. The van der Waals surface area contributed by atoms with Crippen LogP contribution in [-0.2, 0) is 4.57 Å². The van der Waals surface area contributed by atoms with Crippen molar-refractivity contribution in [2.24, 2.45) is 0 Å². The summed E-state index contributed by atoms with van der Waals surface area (Å²) in [7, 11) is -0.422. The van der Waals surface area contributed by atoms with Gasteiger partial charge in [-0.3, -0.25) is 0 Å². The van der Waals surface area contributed by atoms with Crippen LogP contribution in [0.5, 0.6) is 0 Å². The van der Waals surface area contributed by atoms with E-state index in [0.29, 0.717) is 0 Å². The molecule has 112 valence electrons. The van der Waals surface area contributed by atoms with Gasteiger partial charge in [0.1, 0.15) is 0 Å². The van der Waals surface area contributed by atoms with Crippen LogP contribution in [0, 0.1) is 0 Å². The highest BCUT2D eigenvalue weighted by atomic mass is 31.1. The van der Waals surface area contributed by atoms with Crippen LogP contribution in [-0.4, -0.2) is 0 Å². The zero-order valence-electron chi connectivity index (χ0n) is 12.9. The van der Waals surface area contributed by atoms with Gasteiger partial charge >= 0.3 is 8.46 Å². The quantitative estimate of drug-likeness (QED) is 0.292. The second-order valence-electron chi connectivity index (χ2n) is 6.15. The lowest BCUT2D eigenvalue weighted by Crippen LogP contribution is -1.92. The number of benzene rings is 5. The van der Waals surface area contributed by atoms with Crippen LogP contribution in [0.2, 0.25) is 0 Å². The minimum atomic E-state index is -0.422. The third kappa shape index (κ3) is 1.89. The maximum absolute atomic E-state index is 11.3. The Labute approximate surface area is 141 Å². The van der Waals surface area contributed by atoms with Crippen LogP contribution in [0.25, 0.3) is 43.4 Å². The monoisotopic (exact) mass is 325 g/mol. The molecule has 0 N–H and O–H groups in total. The highest BCUT2D eigenvalue weighted by Gasteiger charge is 2.12. The molecule has 0 aliphatic carbocycles. The third-order valence-electron chi connectivity index (χ3n) is 4.82. The highest BCUT2D eigenvalue weighted by molar-refractivity contribution is 7.34. The van der Waals surface area contributed by atoms with Crippen LogP contribution < -0.4 is 5.30 Å². The van der Waals surface area contributed by atoms with Crippen molar-refractivity contribution in [3.8, 4) is 11.1 Å². The molecule has 0 bridgehead atoms. The Morgan fingerprint density at radius 3 is 2.08 bits per heavy atom. The highest BCUT2D eigenvalue weighted by Crippen LogP contribution is 2.38. The lowest BCUT2D eigenvalue weighted by atomic mass is 9.90. The van der Waals surface area contributed by atoms with Crippen LogP contribution in [0.15, 0.2) is 78.9 Å². The van der Waals surface area contributed by atoms with Crippen molar-refractivity contribution in [1.82, 2.24) is 0 Å². The third-order valence-corrected chi connectivity index (χ3v) is 5.37. The van der Waals surface area contributed by atoms with Gasteiger partial charge in [-0.05, 0) is 55.6 Å². The fourth-order valence-corrected chi connectivity index (χ4v) is 4.12. The first kappa shape index (κ1) is 13.7. The van der Waals surface area contributed by atoms with Crippen molar-refractivity contribution in [2.45, 2.75) is 0 Å². The van der Waals surface area contributed by atoms with E-state index in [1.807, 2.05) is 18.2 Å². The summed E-state index contributed by atoms with van der Waals surface area (Å²) in [4.78, 5) is 0. The van der Waals surface area contributed by atoms with E-state index < -0.39 is 8.46 Å². The summed E-state index contributed by atoms with van der Waals surface area (Å²) in [5.74, 6) is 0. The first-order chi connectivity index (χ1) is 11.8. The maximum atomic E-state index is 11.3. The normalized spacial score (nSPS) is 11.8. The molecule has 0 saturated heterocycles. The SMILES string of the molecule is O=[PH+]c1cccc(-c2ccc3ccc4cccc5ccc2c3c45)c1. The predicted octanol–water partition coefficient (Wildman–Crippen LogP) is 5.90. The molecule has 0 aliphatic rings. The molecule has 24 heavy (non-hydrogen) atoms. The minimum absolute atomic E-state index is 0.422. The number of hydrogen-bond donors (Lipinski definition) is 0. The van der Waals surface area contributed by atoms with E-state index in [-0.39, 0.29) is 0 Å². The molecule has 2 heteroatoms. The van der Waals surface area contributed by atoms with E-state index in [1.165, 1.54) is 37.9 Å². The summed E-state index contributed by atoms with van der Waals surface area (Å²) in [6.45, 7) is 0. The van der Waals surface area contributed by atoms with E-state index >= 15 is 0 Å². The molecular weight excluding hydrogens is 311 g/mol. The molecule has 0 aromatic heterocycles. The summed E-state index contributed by atoms with van der Waals surface area (Å²) in [6.07, 6.45) is 0. The van der Waals surface area contributed by atoms with Crippen LogP contribution in [0.4, 0.5) is 0 Å². The Kier molecular flexibility index (Phi) is 2.92. The first-order valence-corrected chi connectivity index (χ1v) is 8.91. The average molecular weight is 325 g/mol. The molecule has 0 radical (unpaired) electrons. The summed E-state index contributed by atoms with van der Waals surface area (Å²) in [6, 6.07) is 27.6. The van der Waals surface area contributed by atoms with Crippen molar-refractivity contribution < 1.29 is 4.57 Å². The van der Waals surface area contributed by atoms with Crippen LogP contribution >= 0.6 is 8.46 Å². The van der Waals surface area contributed by atoms with Gasteiger partial charge in [-0.25, -0.2) is 0 Å². The molecule has 5 rings (SSSR count). The molecule has 1 nitrogen and oxygen atoms in total. The largest absolute Gasteiger partial charge is 0.363 e. The van der Waals surface area contributed by atoms with Gasteiger partial charge in [0.15, 0.2) is 5.30 Å². The van der Waals surface area contributed by atoms with Gasteiger partial charge in [-0.15, -0.1) is 0 Å². The Morgan fingerprint density at radius 2 is 1.29 bits per heavy atom. The molecular formula is C22H14OP+. The molecule has 0 amide bonds. The van der Waals surface area contributed by atoms with Crippen molar-refractivity contribution in [2.75, 3.05) is 0 Å². The zero-order chi connectivity index (χ0) is 16.1. The summed E-state index contributed by atoms with van der Waals surface area (Å²) < 4.78 is 11.3. The van der Waals surface area contributed by atoms with E-state index in [9.17, 15) is 4.57 Å². The van der Waals surface area contributed by atoms with E-state index in [1.54, 1.807) is 0 Å². The molecule has 5 aromatic rings. The molecule has 5 aromatic carbocycles. The molecule has 0 fully saturated rings. The average Bonchev–Trinajstić information content (AvgIpc) is 2.66. The second-order valence-corrected chi connectivity index (χ2v) is 6.93. The molecule has 0 heterocycles. The van der Waals surface area contributed by atoms with Gasteiger partial charge in [0, 0.05) is 0 Å². The second kappa shape index (κ2) is 5.12. The predicted molar refractivity (Wildman–Crippen MR) is 104 cm³/mol. The van der Waals surface area contributed by atoms with Gasteiger partial charge < -0.3 is 0 Å². The first-order valence-electron chi connectivity index (χ1n) is 8.00. The fraction of sp³-hybridized carbons (Fsp3) is 0. The molecule has 1 atom stereocenters. The zero-order valence-corrected chi connectivity index (χ0v) is 13.9. The minimum Gasteiger partial charge on any atom is -0.0707 e. The van der Waals surface area contributed by atoms with E-state index in [0.717, 1.165) is 10.9 Å². The fourth-order valence-electron chi connectivity index (χ4n) is 3.74. The van der Waals surface area contributed by atoms with Crippen molar-refractivity contribution in [3.63, 3.8) is 0 Å². The topological polar surface area (TPSA) is 17.1 Å². The summed E-state index contributed by atoms with van der Waals surface area (Å²) in [5.41, 5.74) is 2.31. The molecule has 0 aliphatic heterocycles. The Morgan fingerprint density at radius 1 is 0.625 bits per heavy atom. The standard InChI is InChI=1S/C22H13OP/c23-24-18-6-2-5-17(13-18)19-11-9-16-8-7-14-3-1-4-15-10-12-20(19)22(16)21(14)15/h1-13H/p+1. The molecule has 0 saturated carbocycles. The molecule has 0 spiro atoms. The maximum Gasteiger partial charge on any atom is 0.363 e. The Bertz CT molecular complexity index is 1210. The van der Waals surface area contributed by atoms with Gasteiger partial charge in [-0.2, -0.15) is 0 Å². The van der Waals surface area contributed by atoms with E-state index in [4.69, 9.17) is 0 Å². The Hall–Kier alpha value is -2.76. The van der Waals surface area contributed by atoms with Crippen LogP contribution in [0.3, 0.4) is 0 Å². The van der Waals surface area contributed by atoms with Gasteiger partial charge in [-0.1, -0.05) is 71.3 Å². The number of hydrogen-bond acceptors (Lipinski definition) is 1. The van der Waals surface area contributed by atoms with Crippen molar-refractivity contribution in [3.05, 3.63) is 78.9 Å². The van der Waals surface area contributed by atoms with Gasteiger partial charge in [0.05, 0.1) is 0 Å². The lowest BCUT2D eigenvalue weighted by Gasteiger charge is -2.14.